The summed E-state index contributed by atoms with van der Waals surface area (Å²) >= 11 is 0. The second-order valence-electron chi connectivity index (χ2n) is 5.58. The van der Waals surface area contributed by atoms with E-state index >= 15 is 0 Å². The van der Waals surface area contributed by atoms with Gasteiger partial charge in [0.1, 0.15) is 6.54 Å². The van der Waals surface area contributed by atoms with E-state index in [9.17, 15) is 13.2 Å². The summed E-state index contributed by atoms with van der Waals surface area (Å²) in [5.74, 6) is 0.457. The van der Waals surface area contributed by atoms with Crippen LogP contribution in [0.5, 0.6) is 11.5 Å². The Labute approximate surface area is 151 Å². The predicted octanol–water partition coefficient (Wildman–Crippen LogP) is 1.28. The van der Waals surface area contributed by atoms with Crippen LogP contribution in [-0.2, 0) is 21.4 Å². The maximum atomic E-state index is 12.5. The van der Waals surface area contributed by atoms with Crippen LogP contribution in [0.4, 0.5) is 5.69 Å². The number of nitrogens with one attached hydrogen (secondary N) is 1. The molecule has 1 aliphatic rings. The number of amides is 1. The molecule has 26 heavy (non-hydrogen) atoms. The summed E-state index contributed by atoms with van der Waals surface area (Å²) in [5.41, 5.74) is 1.18. The number of ether oxygens (including phenoxy) is 2. The first kappa shape index (κ1) is 18.0. The largest absolute Gasteiger partial charge is 0.454 e. The van der Waals surface area contributed by atoms with Gasteiger partial charge in [-0.2, -0.15) is 0 Å². The normalized spacial score (nSPS) is 12.7. The first-order valence-corrected chi connectivity index (χ1v) is 9.66. The molecular weight excluding hydrogens is 358 g/mol. The second-order valence-corrected chi connectivity index (χ2v) is 7.76. The Kier molecular flexibility index (Phi) is 5.27. The third-order valence-corrected chi connectivity index (χ3v) is 5.59. The molecule has 0 atom stereocenters. The van der Waals surface area contributed by atoms with Crippen LogP contribution >= 0.6 is 0 Å². The molecule has 8 nitrogen and oxygen atoms in total. The summed E-state index contributed by atoms with van der Waals surface area (Å²) in [7, 11) is -3.64. The molecule has 1 aliphatic heterocycles. The Balaban J connectivity index is 1.75. The van der Waals surface area contributed by atoms with E-state index in [1.165, 1.54) is 6.92 Å². The molecule has 0 saturated carbocycles. The minimum absolute atomic E-state index is 0.0882. The van der Waals surface area contributed by atoms with Gasteiger partial charge in [0.25, 0.3) is 0 Å². The molecule has 0 bridgehead atoms. The molecule has 0 spiro atoms. The standard InChI is InChI=1S/C17H19N3O5S/c1-2-26(22,23)20(14-5-6-15-16(8-14)25-12-24-15)11-17(21)19-10-13-4-3-7-18-9-13/h3-9H,2,10-12H2,1H3,(H,19,21). The third-order valence-electron chi connectivity index (χ3n) is 3.84. The summed E-state index contributed by atoms with van der Waals surface area (Å²) in [6.45, 7) is 1.57. The Morgan fingerprint density at radius 3 is 2.81 bits per heavy atom. The lowest BCUT2D eigenvalue weighted by molar-refractivity contribution is -0.119. The van der Waals surface area contributed by atoms with Crippen molar-refractivity contribution in [1.82, 2.24) is 10.3 Å². The zero-order chi connectivity index (χ0) is 18.6. The van der Waals surface area contributed by atoms with Gasteiger partial charge in [-0.25, -0.2) is 8.42 Å². The number of nitrogens with zero attached hydrogens (tertiary/aromatic N) is 2. The molecule has 0 fully saturated rings. The number of rotatable bonds is 7. The number of hydrogen-bond donors (Lipinski definition) is 1. The fraction of sp³-hybridized carbons (Fsp3) is 0.294. The van der Waals surface area contributed by atoms with E-state index in [4.69, 9.17) is 9.47 Å². The lowest BCUT2D eigenvalue weighted by Crippen LogP contribution is -2.41. The van der Waals surface area contributed by atoms with Crippen LogP contribution in [0.25, 0.3) is 0 Å². The smallest absolute Gasteiger partial charge is 0.241 e. The number of hydrogen-bond acceptors (Lipinski definition) is 6. The number of anilines is 1. The van der Waals surface area contributed by atoms with Gasteiger partial charge in [-0.15, -0.1) is 0 Å². The summed E-state index contributed by atoms with van der Waals surface area (Å²) in [6, 6.07) is 8.37. The fourth-order valence-corrected chi connectivity index (χ4v) is 3.50. The number of fused-ring (bicyclic) bond motifs is 1. The first-order chi connectivity index (χ1) is 12.5. The average molecular weight is 377 g/mol. The van der Waals surface area contributed by atoms with Gasteiger partial charge < -0.3 is 14.8 Å². The number of sulfonamides is 1. The van der Waals surface area contributed by atoms with Crippen LogP contribution < -0.4 is 19.1 Å². The highest BCUT2D eigenvalue weighted by atomic mass is 32.2. The quantitative estimate of drug-likeness (QED) is 0.781. The van der Waals surface area contributed by atoms with Crippen molar-refractivity contribution in [3.05, 3.63) is 48.3 Å². The van der Waals surface area contributed by atoms with Crippen LogP contribution in [0.1, 0.15) is 12.5 Å². The van der Waals surface area contributed by atoms with Gasteiger partial charge in [0.15, 0.2) is 11.5 Å². The molecule has 0 saturated heterocycles. The average Bonchev–Trinajstić information content (AvgIpc) is 3.13. The van der Waals surface area contributed by atoms with Gasteiger partial charge >= 0.3 is 0 Å². The summed E-state index contributed by atoms with van der Waals surface area (Å²) < 4.78 is 36.6. The van der Waals surface area contributed by atoms with E-state index in [2.05, 4.69) is 10.3 Å². The van der Waals surface area contributed by atoms with E-state index in [0.717, 1.165) is 9.87 Å². The highest BCUT2D eigenvalue weighted by Gasteiger charge is 2.25. The molecule has 1 amide bonds. The molecule has 2 heterocycles. The Morgan fingerprint density at radius 1 is 1.27 bits per heavy atom. The lowest BCUT2D eigenvalue weighted by Gasteiger charge is -2.23. The van der Waals surface area contributed by atoms with Gasteiger partial charge in [0.2, 0.25) is 22.7 Å². The Hall–Kier alpha value is -2.81. The SMILES string of the molecule is CCS(=O)(=O)N(CC(=O)NCc1cccnc1)c1ccc2c(c1)OCO2. The molecule has 0 aliphatic carbocycles. The molecule has 9 heteroatoms. The van der Waals surface area contributed by atoms with E-state index in [0.29, 0.717) is 17.2 Å². The van der Waals surface area contributed by atoms with Gasteiger partial charge in [0.05, 0.1) is 11.4 Å². The van der Waals surface area contributed by atoms with Crippen molar-refractivity contribution in [3.63, 3.8) is 0 Å². The maximum Gasteiger partial charge on any atom is 0.241 e. The molecule has 1 aromatic carbocycles. The molecule has 0 unspecified atom stereocenters. The number of benzene rings is 1. The summed E-state index contributed by atoms with van der Waals surface area (Å²) in [5, 5.41) is 2.71. The van der Waals surface area contributed by atoms with Crippen LogP contribution in [-0.4, -0.2) is 38.4 Å². The van der Waals surface area contributed by atoms with Crippen molar-refractivity contribution in [3.8, 4) is 11.5 Å². The van der Waals surface area contributed by atoms with Crippen molar-refractivity contribution < 1.29 is 22.7 Å². The van der Waals surface area contributed by atoms with Gasteiger partial charge in [0, 0.05) is 25.0 Å². The first-order valence-electron chi connectivity index (χ1n) is 8.05. The van der Waals surface area contributed by atoms with E-state index in [-0.39, 0.29) is 25.6 Å². The number of pyridine rings is 1. The summed E-state index contributed by atoms with van der Waals surface area (Å²) in [6.07, 6.45) is 3.28. The van der Waals surface area contributed by atoms with Crippen LogP contribution in [0.3, 0.4) is 0 Å². The minimum Gasteiger partial charge on any atom is -0.454 e. The molecule has 1 N–H and O–H groups in total. The third kappa shape index (κ3) is 4.05. The van der Waals surface area contributed by atoms with Crippen LogP contribution in [0.15, 0.2) is 42.7 Å². The van der Waals surface area contributed by atoms with E-state index in [1.54, 1.807) is 36.7 Å². The van der Waals surface area contributed by atoms with Crippen LogP contribution in [0.2, 0.25) is 0 Å². The van der Waals surface area contributed by atoms with Gasteiger partial charge in [-0.3, -0.25) is 14.1 Å². The van der Waals surface area contributed by atoms with Gasteiger partial charge in [-0.05, 0) is 30.7 Å². The molecule has 1 aromatic heterocycles. The second kappa shape index (κ2) is 7.61. The van der Waals surface area contributed by atoms with Crippen molar-refractivity contribution in [1.29, 1.82) is 0 Å². The predicted molar refractivity (Wildman–Crippen MR) is 95.5 cm³/mol. The van der Waals surface area contributed by atoms with Crippen molar-refractivity contribution in [2.45, 2.75) is 13.5 Å². The highest BCUT2D eigenvalue weighted by Crippen LogP contribution is 2.36. The molecular formula is C17H19N3O5S. The summed E-state index contributed by atoms with van der Waals surface area (Å²) in [4.78, 5) is 16.3. The van der Waals surface area contributed by atoms with E-state index < -0.39 is 15.9 Å². The highest BCUT2D eigenvalue weighted by molar-refractivity contribution is 7.92. The maximum absolute atomic E-state index is 12.5. The van der Waals surface area contributed by atoms with E-state index in [1.807, 2.05) is 6.07 Å². The van der Waals surface area contributed by atoms with Crippen molar-refractivity contribution in [2.24, 2.45) is 0 Å². The zero-order valence-electron chi connectivity index (χ0n) is 14.2. The van der Waals surface area contributed by atoms with Gasteiger partial charge in [-0.1, -0.05) is 6.07 Å². The Morgan fingerprint density at radius 2 is 2.08 bits per heavy atom. The molecule has 138 valence electrons. The number of carbonyl (C=O) groups is 1. The topological polar surface area (TPSA) is 97.8 Å². The molecule has 2 aromatic rings. The molecule has 0 radical (unpaired) electrons. The van der Waals surface area contributed by atoms with Crippen molar-refractivity contribution >= 4 is 21.6 Å². The molecule has 3 rings (SSSR count). The lowest BCUT2D eigenvalue weighted by atomic mass is 10.2. The minimum atomic E-state index is -3.64. The van der Waals surface area contributed by atoms with Crippen molar-refractivity contribution in [2.75, 3.05) is 23.4 Å². The number of carbonyl (C=O) groups excluding carboxylic acids is 1. The van der Waals surface area contributed by atoms with Crippen LogP contribution in [0, 0.1) is 0 Å². The fourth-order valence-electron chi connectivity index (χ4n) is 2.44. The monoisotopic (exact) mass is 377 g/mol. The number of aromatic nitrogens is 1. The Bertz CT molecular complexity index is 887. The zero-order valence-corrected chi connectivity index (χ0v) is 15.0.